The van der Waals surface area contributed by atoms with Crippen molar-refractivity contribution < 1.29 is 13.9 Å². The van der Waals surface area contributed by atoms with E-state index in [1.54, 1.807) is 30.3 Å². The van der Waals surface area contributed by atoms with E-state index in [1.807, 2.05) is 19.9 Å². The van der Waals surface area contributed by atoms with Gasteiger partial charge in [0.25, 0.3) is 0 Å². The maximum atomic E-state index is 12.2. The van der Waals surface area contributed by atoms with E-state index in [-0.39, 0.29) is 6.61 Å². The summed E-state index contributed by atoms with van der Waals surface area (Å²) in [5.74, 6) is -0.446. The lowest BCUT2D eigenvalue weighted by Gasteiger charge is -2.09. The van der Waals surface area contributed by atoms with E-state index in [4.69, 9.17) is 20.8 Å². The van der Waals surface area contributed by atoms with Gasteiger partial charge in [-0.15, -0.1) is 0 Å². The van der Waals surface area contributed by atoms with Crippen LogP contribution in [0.2, 0.25) is 5.02 Å². The van der Waals surface area contributed by atoms with Crippen LogP contribution in [0.4, 0.5) is 0 Å². The summed E-state index contributed by atoms with van der Waals surface area (Å²) in [5, 5.41) is 1.21. The summed E-state index contributed by atoms with van der Waals surface area (Å²) in [6.45, 7) is 3.69. The van der Waals surface area contributed by atoms with Crippen molar-refractivity contribution in [2.75, 3.05) is 0 Å². The van der Waals surface area contributed by atoms with Crippen molar-refractivity contribution in [1.82, 2.24) is 0 Å². The average molecular weight is 343 g/mol. The number of esters is 1. The van der Waals surface area contributed by atoms with Crippen molar-refractivity contribution in [2.45, 2.75) is 20.5 Å². The van der Waals surface area contributed by atoms with Crippen LogP contribution in [0, 0.1) is 13.8 Å². The molecule has 0 aliphatic rings. The van der Waals surface area contributed by atoms with Crippen LogP contribution in [0.1, 0.15) is 27.0 Å². The number of rotatable bonds is 3. The fourth-order valence-electron chi connectivity index (χ4n) is 2.47. The molecule has 0 aliphatic heterocycles. The Morgan fingerprint density at radius 2 is 1.96 bits per heavy atom. The summed E-state index contributed by atoms with van der Waals surface area (Å²) in [5.41, 5.74) is 2.73. The van der Waals surface area contributed by atoms with E-state index < -0.39 is 11.6 Å². The summed E-state index contributed by atoms with van der Waals surface area (Å²) >= 11 is 6.15. The topological polar surface area (TPSA) is 56.5 Å². The first-order valence-corrected chi connectivity index (χ1v) is 7.78. The SMILES string of the molecule is Cc1cccc(C(=O)OCc2cc(=O)oc3cc(C)c(Cl)cc23)c1. The van der Waals surface area contributed by atoms with Gasteiger partial charge in [-0.05, 0) is 43.7 Å². The number of aryl methyl sites for hydroxylation is 2. The van der Waals surface area contributed by atoms with Gasteiger partial charge >= 0.3 is 11.6 Å². The number of carbonyl (C=O) groups excluding carboxylic acids is 1. The number of carbonyl (C=O) groups is 1. The van der Waals surface area contributed by atoms with Crippen LogP contribution < -0.4 is 5.63 Å². The summed E-state index contributed by atoms with van der Waals surface area (Å²) in [4.78, 5) is 23.9. The van der Waals surface area contributed by atoms with Crippen LogP contribution in [-0.2, 0) is 11.3 Å². The minimum absolute atomic E-state index is 0.0335. The van der Waals surface area contributed by atoms with Crippen molar-refractivity contribution in [2.24, 2.45) is 0 Å². The van der Waals surface area contributed by atoms with Gasteiger partial charge in [0.05, 0.1) is 5.56 Å². The van der Waals surface area contributed by atoms with Gasteiger partial charge in [-0.2, -0.15) is 0 Å². The molecule has 24 heavy (non-hydrogen) atoms. The molecule has 0 atom stereocenters. The smallest absolute Gasteiger partial charge is 0.338 e. The molecule has 1 heterocycles. The molecule has 122 valence electrons. The zero-order valence-electron chi connectivity index (χ0n) is 13.3. The van der Waals surface area contributed by atoms with Crippen LogP contribution in [0.3, 0.4) is 0 Å². The normalized spacial score (nSPS) is 10.8. The molecule has 0 aliphatic carbocycles. The first-order chi connectivity index (χ1) is 11.4. The number of hydrogen-bond acceptors (Lipinski definition) is 4. The van der Waals surface area contributed by atoms with Gasteiger partial charge in [0.1, 0.15) is 12.2 Å². The third kappa shape index (κ3) is 3.34. The van der Waals surface area contributed by atoms with Crippen molar-refractivity contribution in [3.8, 4) is 0 Å². The van der Waals surface area contributed by atoms with Crippen molar-refractivity contribution in [3.63, 3.8) is 0 Å². The van der Waals surface area contributed by atoms with Crippen LogP contribution in [0.5, 0.6) is 0 Å². The Balaban J connectivity index is 1.91. The maximum Gasteiger partial charge on any atom is 0.338 e. The molecule has 0 N–H and O–H groups in total. The number of benzene rings is 2. The lowest BCUT2D eigenvalue weighted by Crippen LogP contribution is -2.08. The molecule has 4 nitrogen and oxygen atoms in total. The lowest BCUT2D eigenvalue weighted by molar-refractivity contribution is 0.0473. The van der Waals surface area contributed by atoms with E-state index in [9.17, 15) is 9.59 Å². The predicted octanol–water partition coefficient (Wildman–Crippen LogP) is 4.42. The van der Waals surface area contributed by atoms with Crippen LogP contribution in [-0.4, -0.2) is 5.97 Å². The van der Waals surface area contributed by atoms with Gasteiger partial charge in [0, 0.05) is 22.0 Å². The molecule has 0 radical (unpaired) electrons. The molecule has 0 bridgehead atoms. The van der Waals surface area contributed by atoms with E-state index in [0.29, 0.717) is 27.1 Å². The minimum atomic E-state index is -0.495. The Morgan fingerprint density at radius 1 is 1.17 bits per heavy atom. The molecular formula is C19H15ClO4. The van der Waals surface area contributed by atoms with Gasteiger partial charge < -0.3 is 9.15 Å². The monoisotopic (exact) mass is 342 g/mol. The number of fused-ring (bicyclic) bond motifs is 1. The zero-order chi connectivity index (χ0) is 17.3. The molecule has 0 saturated heterocycles. The lowest BCUT2D eigenvalue weighted by atomic mass is 10.1. The highest BCUT2D eigenvalue weighted by Gasteiger charge is 2.12. The quantitative estimate of drug-likeness (QED) is 0.522. The van der Waals surface area contributed by atoms with Crippen molar-refractivity contribution in [3.05, 3.63) is 80.2 Å². The standard InChI is InChI=1S/C19H15ClO4/c1-11-4-3-5-13(6-11)19(22)23-10-14-8-18(21)24-17-7-12(2)16(20)9-15(14)17/h3-9H,10H2,1-2H3. The van der Waals surface area contributed by atoms with Gasteiger partial charge in [0.2, 0.25) is 0 Å². The first kappa shape index (κ1) is 16.3. The molecule has 1 aromatic heterocycles. The zero-order valence-corrected chi connectivity index (χ0v) is 14.0. The van der Waals surface area contributed by atoms with Crippen LogP contribution in [0.15, 0.2) is 51.7 Å². The Labute approximate surface area is 143 Å². The Hall–Kier alpha value is -2.59. The molecule has 5 heteroatoms. The number of hydrogen-bond donors (Lipinski definition) is 0. The van der Waals surface area contributed by atoms with Gasteiger partial charge in [0.15, 0.2) is 0 Å². The molecule has 0 spiro atoms. The van der Waals surface area contributed by atoms with E-state index in [0.717, 1.165) is 11.1 Å². The molecule has 0 unspecified atom stereocenters. The first-order valence-electron chi connectivity index (χ1n) is 7.41. The van der Waals surface area contributed by atoms with E-state index in [2.05, 4.69) is 0 Å². The highest BCUT2D eigenvalue weighted by molar-refractivity contribution is 6.32. The Bertz CT molecular complexity index is 988. The number of halogens is 1. The fraction of sp³-hybridized carbons (Fsp3) is 0.158. The average Bonchev–Trinajstić information content (AvgIpc) is 2.54. The molecule has 0 saturated carbocycles. The Morgan fingerprint density at radius 3 is 2.71 bits per heavy atom. The third-order valence-electron chi connectivity index (χ3n) is 3.72. The maximum absolute atomic E-state index is 12.2. The second kappa shape index (κ2) is 6.49. The minimum Gasteiger partial charge on any atom is -0.457 e. The van der Waals surface area contributed by atoms with Crippen molar-refractivity contribution >= 4 is 28.5 Å². The highest BCUT2D eigenvalue weighted by atomic mass is 35.5. The van der Waals surface area contributed by atoms with Gasteiger partial charge in [-0.3, -0.25) is 0 Å². The van der Waals surface area contributed by atoms with Crippen LogP contribution in [0.25, 0.3) is 11.0 Å². The Kier molecular flexibility index (Phi) is 4.40. The second-order valence-corrected chi connectivity index (χ2v) is 6.04. The second-order valence-electron chi connectivity index (χ2n) is 5.63. The summed E-state index contributed by atoms with van der Waals surface area (Å²) in [6.07, 6.45) is 0. The van der Waals surface area contributed by atoms with Gasteiger partial charge in [-0.25, -0.2) is 9.59 Å². The molecule has 3 rings (SSSR count). The fourth-order valence-corrected chi connectivity index (χ4v) is 2.63. The highest BCUT2D eigenvalue weighted by Crippen LogP contribution is 2.25. The largest absolute Gasteiger partial charge is 0.457 e. The summed E-state index contributed by atoms with van der Waals surface area (Å²) < 4.78 is 10.5. The molecule has 3 aromatic rings. The van der Waals surface area contributed by atoms with E-state index >= 15 is 0 Å². The molecule has 0 amide bonds. The van der Waals surface area contributed by atoms with Crippen molar-refractivity contribution in [1.29, 1.82) is 0 Å². The molecule has 0 fully saturated rings. The molecule has 2 aromatic carbocycles. The number of ether oxygens (including phenoxy) is 1. The van der Waals surface area contributed by atoms with E-state index in [1.165, 1.54) is 6.07 Å². The van der Waals surface area contributed by atoms with Crippen LogP contribution >= 0.6 is 11.6 Å². The summed E-state index contributed by atoms with van der Waals surface area (Å²) in [7, 11) is 0. The third-order valence-corrected chi connectivity index (χ3v) is 4.13. The van der Waals surface area contributed by atoms with Gasteiger partial charge in [-0.1, -0.05) is 29.3 Å². The molecular weight excluding hydrogens is 328 g/mol. The summed E-state index contributed by atoms with van der Waals surface area (Å²) in [6, 6.07) is 11.9. The predicted molar refractivity (Wildman–Crippen MR) is 92.5 cm³/mol.